The zero-order chi connectivity index (χ0) is 15.8. The minimum atomic E-state index is -0.0286. The first kappa shape index (κ1) is 15.6. The van der Waals surface area contributed by atoms with Gasteiger partial charge < -0.3 is 10.2 Å². The Morgan fingerprint density at radius 2 is 1.82 bits per heavy atom. The molecule has 0 unspecified atom stereocenters. The van der Waals surface area contributed by atoms with Crippen LogP contribution in [0.25, 0.3) is 0 Å². The van der Waals surface area contributed by atoms with Crippen molar-refractivity contribution in [2.75, 3.05) is 23.3 Å². The third-order valence-corrected chi connectivity index (χ3v) is 3.41. The van der Waals surface area contributed by atoms with Crippen molar-refractivity contribution in [2.24, 2.45) is 0 Å². The van der Waals surface area contributed by atoms with Gasteiger partial charge in [-0.2, -0.15) is 5.26 Å². The van der Waals surface area contributed by atoms with Gasteiger partial charge >= 0.3 is 0 Å². The summed E-state index contributed by atoms with van der Waals surface area (Å²) in [6.45, 7) is 3.60. The van der Waals surface area contributed by atoms with Crippen molar-refractivity contribution in [3.63, 3.8) is 0 Å². The van der Waals surface area contributed by atoms with E-state index in [4.69, 9.17) is 5.26 Å². The second-order valence-corrected chi connectivity index (χ2v) is 4.90. The van der Waals surface area contributed by atoms with Gasteiger partial charge in [0, 0.05) is 30.9 Å². The first-order valence-corrected chi connectivity index (χ1v) is 7.33. The number of rotatable bonds is 6. The molecular weight excluding hydrogens is 274 g/mol. The van der Waals surface area contributed by atoms with Crippen molar-refractivity contribution in [1.29, 1.82) is 5.26 Å². The van der Waals surface area contributed by atoms with E-state index >= 15 is 0 Å². The van der Waals surface area contributed by atoms with E-state index in [2.05, 4.69) is 23.2 Å². The topological polar surface area (TPSA) is 56.1 Å². The molecule has 4 nitrogen and oxygen atoms in total. The van der Waals surface area contributed by atoms with Gasteiger partial charge in [0.1, 0.15) is 0 Å². The van der Waals surface area contributed by atoms with Gasteiger partial charge in [0.2, 0.25) is 5.91 Å². The standard InChI is InChI=1S/C18H19N3O/c1-2-21(17-6-4-3-5-7-17)13-12-18(22)20-16-10-8-15(14-19)9-11-16/h3-11H,2,12-13H2,1H3,(H,20,22). The lowest BCUT2D eigenvalue weighted by atomic mass is 10.2. The lowest BCUT2D eigenvalue weighted by molar-refractivity contribution is -0.116. The maximum atomic E-state index is 12.0. The van der Waals surface area contributed by atoms with E-state index in [0.29, 0.717) is 24.2 Å². The Labute approximate surface area is 131 Å². The van der Waals surface area contributed by atoms with Gasteiger partial charge in [-0.05, 0) is 43.3 Å². The number of para-hydroxylation sites is 1. The molecule has 0 aromatic heterocycles. The number of nitriles is 1. The van der Waals surface area contributed by atoms with Gasteiger partial charge in [0.05, 0.1) is 11.6 Å². The van der Waals surface area contributed by atoms with E-state index in [0.717, 1.165) is 12.2 Å². The van der Waals surface area contributed by atoms with Gasteiger partial charge in [-0.25, -0.2) is 0 Å². The maximum absolute atomic E-state index is 12.0. The predicted molar refractivity (Wildman–Crippen MR) is 88.7 cm³/mol. The van der Waals surface area contributed by atoms with Crippen LogP contribution in [-0.2, 0) is 4.79 Å². The SMILES string of the molecule is CCN(CCC(=O)Nc1ccc(C#N)cc1)c1ccccc1. The summed E-state index contributed by atoms with van der Waals surface area (Å²) in [5.41, 5.74) is 2.42. The minimum absolute atomic E-state index is 0.0286. The van der Waals surface area contributed by atoms with Crippen LogP contribution in [0.15, 0.2) is 54.6 Å². The molecule has 0 aliphatic heterocycles. The fourth-order valence-electron chi connectivity index (χ4n) is 2.20. The van der Waals surface area contributed by atoms with Crippen LogP contribution >= 0.6 is 0 Å². The lowest BCUT2D eigenvalue weighted by Gasteiger charge is -2.22. The number of carbonyl (C=O) groups excluding carboxylic acids is 1. The molecule has 0 aliphatic rings. The summed E-state index contributed by atoms with van der Waals surface area (Å²) in [6, 6.07) is 19.0. The molecule has 0 radical (unpaired) electrons. The monoisotopic (exact) mass is 293 g/mol. The summed E-state index contributed by atoms with van der Waals surface area (Å²) in [5, 5.41) is 11.6. The molecule has 0 fully saturated rings. The normalized spacial score (nSPS) is 9.82. The van der Waals surface area contributed by atoms with Gasteiger partial charge in [0.15, 0.2) is 0 Å². The molecular formula is C18H19N3O. The zero-order valence-corrected chi connectivity index (χ0v) is 12.6. The summed E-state index contributed by atoms with van der Waals surface area (Å²) < 4.78 is 0. The number of carbonyl (C=O) groups is 1. The highest BCUT2D eigenvalue weighted by Gasteiger charge is 2.07. The molecule has 2 aromatic rings. The predicted octanol–water partition coefficient (Wildman–Crippen LogP) is 3.41. The van der Waals surface area contributed by atoms with Crippen LogP contribution in [0.1, 0.15) is 18.9 Å². The fraction of sp³-hybridized carbons (Fsp3) is 0.222. The summed E-state index contributed by atoms with van der Waals surface area (Å²) in [4.78, 5) is 14.2. The van der Waals surface area contributed by atoms with E-state index in [1.54, 1.807) is 24.3 Å². The highest BCUT2D eigenvalue weighted by Crippen LogP contribution is 2.14. The number of hydrogen-bond donors (Lipinski definition) is 1. The van der Waals surface area contributed by atoms with Crippen LogP contribution in [0.4, 0.5) is 11.4 Å². The van der Waals surface area contributed by atoms with E-state index < -0.39 is 0 Å². The lowest BCUT2D eigenvalue weighted by Crippen LogP contribution is -2.27. The van der Waals surface area contributed by atoms with Crippen molar-refractivity contribution >= 4 is 17.3 Å². The molecule has 112 valence electrons. The van der Waals surface area contributed by atoms with E-state index in [1.807, 2.05) is 30.3 Å². The third kappa shape index (κ3) is 4.35. The minimum Gasteiger partial charge on any atom is -0.371 e. The van der Waals surface area contributed by atoms with E-state index in [1.165, 1.54) is 0 Å². The third-order valence-electron chi connectivity index (χ3n) is 3.41. The highest BCUT2D eigenvalue weighted by molar-refractivity contribution is 5.91. The number of benzene rings is 2. The molecule has 0 aliphatic carbocycles. The molecule has 0 spiro atoms. The molecule has 1 N–H and O–H groups in total. The Hall–Kier alpha value is -2.80. The van der Waals surface area contributed by atoms with Crippen LogP contribution in [0.2, 0.25) is 0 Å². The summed E-state index contributed by atoms with van der Waals surface area (Å²) in [5.74, 6) is -0.0286. The van der Waals surface area contributed by atoms with Crippen molar-refractivity contribution in [1.82, 2.24) is 0 Å². The quantitative estimate of drug-likeness (QED) is 0.888. The summed E-state index contributed by atoms with van der Waals surface area (Å²) in [7, 11) is 0. The molecule has 0 bridgehead atoms. The molecule has 2 aromatic carbocycles. The molecule has 0 saturated carbocycles. The van der Waals surface area contributed by atoms with Crippen molar-refractivity contribution < 1.29 is 4.79 Å². The Kier molecular flexibility index (Phi) is 5.56. The Morgan fingerprint density at radius 1 is 1.14 bits per heavy atom. The summed E-state index contributed by atoms with van der Waals surface area (Å²) >= 11 is 0. The van der Waals surface area contributed by atoms with Crippen LogP contribution < -0.4 is 10.2 Å². The van der Waals surface area contributed by atoms with Gasteiger partial charge in [-0.15, -0.1) is 0 Å². The van der Waals surface area contributed by atoms with Crippen molar-refractivity contribution in [3.05, 3.63) is 60.2 Å². The van der Waals surface area contributed by atoms with E-state index in [-0.39, 0.29) is 5.91 Å². The Morgan fingerprint density at radius 3 is 2.41 bits per heavy atom. The molecule has 0 atom stereocenters. The van der Waals surface area contributed by atoms with Gasteiger partial charge in [-0.1, -0.05) is 18.2 Å². The van der Waals surface area contributed by atoms with Gasteiger partial charge in [-0.3, -0.25) is 4.79 Å². The average Bonchev–Trinajstić information content (AvgIpc) is 2.57. The molecule has 0 saturated heterocycles. The number of nitrogens with zero attached hydrogens (tertiary/aromatic N) is 2. The first-order chi connectivity index (χ1) is 10.7. The number of nitrogens with one attached hydrogen (secondary N) is 1. The second kappa shape index (κ2) is 7.84. The first-order valence-electron chi connectivity index (χ1n) is 7.33. The van der Waals surface area contributed by atoms with Crippen LogP contribution in [0, 0.1) is 11.3 Å². The van der Waals surface area contributed by atoms with Crippen LogP contribution in [0.5, 0.6) is 0 Å². The Balaban J connectivity index is 1.87. The molecule has 0 heterocycles. The van der Waals surface area contributed by atoms with Crippen molar-refractivity contribution in [2.45, 2.75) is 13.3 Å². The fourth-order valence-corrected chi connectivity index (χ4v) is 2.20. The number of amides is 1. The zero-order valence-electron chi connectivity index (χ0n) is 12.6. The highest BCUT2D eigenvalue weighted by atomic mass is 16.1. The van der Waals surface area contributed by atoms with Crippen LogP contribution in [0.3, 0.4) is 0 Å². The molecule has 4 heteroatoms. The Bertz CT molecular complexity index is 644. The largest absolute Gasteiger partial charge is 0.371 e. The number of hydrogen-bond acceptors (Lipinski definition) is 3. The maximum Gasteiger partial charge on any atom is 0.226 e. The molecule has 2 rings (SSSR count). The second-order valence-electron chi connectivity index (χ2n) is 4.90. The van der Waals surface area contributed by atoms with Crippen molar-refractivity contribution in [3.8, 4) is 6.07 Å². The summed E-state index contributed by atoms with van der Waals surface area (Å²) in [6.07, 6.45) is 0.419. The molecule has 22 heavy (non-hydrogen) atoms. The molecule has 1 amide bonds. The van der Waals surface area contributed by atoms with E-state index in [9.17, 15) is 4.79 Å². The average molecular weight is 293 g/mol. The van der Waals surface area contributed by atoms with Gasteiger partial charge in [0.25, 0.3) is 0 Å². The van der Waals surface area contributed by atoms with Crippen LogP contribution in [-0.4, -0.2) is 19.0 Å². The number of anilines is 2. The smallest absolute Gasteiger partial charge is 0.226 e.